The van der Waals surface area contributed by atoms with Crippen molar-refractivity contribution in [1.82, 2.24) is 0 Å². The maximum Gasteiger partial charge on any atom is 0.0256 e. The molecule has 0 N–H and O–H groups in total. The maximum absolute atomic E-state index is 3.75. The first-order chi connectivity index (χ1) is 8.83. The quantitative estimate of drug-likeness (QED) is 0.620. The van der Waals surface area contributed by atoms with Crippen LogP contribution in [0.5, 0.6) is 0 Å². The van der Waals surface area contributed by atoms with E-state index in [4.69, 9.17) is 0 Å². The minimum Gasteiger partial charge on any atom is -0.0619 e. The van der Waals surface area contributed by atoms with Gasteiger partial charge >= 0.3 is 0 Å². The molecule has 2 aliphatic carbocycles. The molecule has 2 aromatic carbocycles. The first kappa shape index (κ1) is 10.8. The zero-order valence-corrected chi connectivity index (χ0v) is 11.8. The van der Waals surface area contributed by atoms with E-state index in [1.54, 1.807) is 11.1 Å². The predicted molar refractivity (Wildman–Crippen MR) is 78.8 cm³/mol. The maximum atomic E-state index is 3.75. The molecule has 1 fully saturated rings. The van der Waals surface area contributed by atoms with Crippen molar-refractivity contribution in [2.45, 2.75) is 31.1 Å². The Balaban J connectivity index is 2.12. The lowest BCUT2D eigenvalue weighted by atomic mass is 9.77. The minimum atomic E-state index is 0.315. The van der Waals surface area contributed by atoms with Crippen molar-refractivity contribution in [1.29, 1.82) is 0 Å². The van der Waals surface area contributed by atoms with E-state index in [0.717, 1.165) is 0 Å². The van der Waals surface area contributed by atoms with Crippen LogP contribution in [0.1, 0.15) is 36.8 Å². The molecular weight excluding hydrogens is 284 g/mol. The molecule has 0 atom stereocenters. The summed E-state index contributed by atoms with van der Waals surface area (Å²) in [5.74, 6) is 0. The summed E-state index contributed by atoms with van der Waals surface area (Å²) in [6, 6.07) is 15.7. The van der Waals surface area contributed by atoms with Crippen LogP contribution in [0, 0.1) is 0 Å². The topological polar surface area (TPSA) is 0 Å². The van der Waals surface area contributed by atoms with Crippen LogP contribution in [0.3, 0.4) is 0 Å². The van der Waals surface area contributed by atoms with Gasteiger partial charge in [0.05, 0.1) is 0 Å². The second-order valence-corrected chi connectivity index (χ2v) is 6.35. The van der Waals surface area contributed by atoms with Crippen LogP contribution in [-0.2, 0) is 5.41 Å². The third-order valence-corrected chi connectivity index (χ3v) is 5.36. The highest BCUT2D eigenvalue weighted by Gasteiger charge is 2.45. The van der Waals surface area contributed by atoms with Gasteiger partial charge in [-0.15, -0.1) is 0 Å². The fourth-order valence-corrected chi connectivity index (χ4v) is 4.56. The van der Waals surface area contributed by atoms with Crippen LogP contribution >= 0.6 is 15.9 Å². The second-order valence-electron chi connectivity index (χ2n) is 5.50. The van der Waals surface area contributed by atoms with Crippen molar-refractivity contribution >= 4 is 15.9 Å². The Morgan fingerprint density at radius 2 is 1.56 bits per heavy atom. The zero-order valence-electron chi connectivity index (χ0n) is 10.2. The van der Waals surface area contributed by atoms with Gasteiger partial charge in [0.2, 0.25) is 0 Å². The zero-order chi connectivity index (χ0) is 12.2. The summed E-state index contributed by atoms with van der Waals surface area (Å²) >= 11 is 3.75. The van der Waals surface area contributed by atoms with E-state index in [1.807, 2.05) is 0 Å². The molecule has 0 nitrogen and oxygen atoms in total. The Kier molecular flexibility index (Phi) is 2.23. The number of hydrogen-bond acceptors (Lipinski definition) is 0. The van der Waals surface area contributed by atoms with Gasteiger partial charge in [-0.25, -0.2) is 0 Å². The Bertz CT molecular complexity index is 621. The summed E-state index contributed by atoms with van der Waals surface area (Å²) in [5.41, 5.74) is 6.31. The van der Waals surface area contributed by atoms with E-state index in [9.17, 15) is 0 Å². The summed E-state index contributed by atoms with van der Waals surface area (Å²) in [5, 5.41) is 0. The molecule has 0 heterocycles. The lowest BCUT2D eigenvalue weighted by molar-refractivity contribution is 0.550. The summed E-state index contributed by atoms with van der Waals surface area (Å²) in [6.45, 7) is 0. The van der Waals surface area contributed by atoms with Crippen molar-refractivity contribution in [2.24, 2.45) is 0 Å². The molecule has 18 heavy (non-hydrogen) atoms. The number of rotatable bonds is 0. The number of hydrogen-bond donors (Lipinski definition) is 0. The average molecular weight is 299 g/mol. The van der Waals surface area contributed by atoms with Crippen LogP contribution in [0.25, 0.3) is 11.1 Å². The van der Waals surface area contributed by atoms with Gasteiger partial charge in [0.1, 0.15) is 0 Å². The molecule has 0 saturated heterocycles. The summed E-state index contributed by atoms with van der Waals surface area (Å²) < 4.78 is 1.25. The molecule has 0 unspecified atom stereocenters. The molecule has 1 heteroatoms. The molecule has 0 bridgehead atoms. The molecule has 0 amide bonds. The average Bonchev–Trinajstić information content (AvgIpc) is 2.98. The van der Waals surface area contributed by atoms with E-state index in [1.165, 1.54) is 41.3 Å². The molecule has 0 aromatic heterocycles. The van der Waals surface area contributed by atoms with Crippen LogP contribution in [0.2, 0.25) is 0 Å². The number of halogens is 1. The molecule has 1 spiro atoms. The van der Waals surface area contributed by atoms with E-state index in [0.29, 0.717) is 5.41 Å². The Morgan fingerprint density at radius 3 is 2.39 bits per heavy atom. The van der Waals surface area contributed by atoms with Crippen molar-refractivity contribution in [3.63, 3.8) is 0 Å². The van der Waals surface area contributed by atoms with Crippen molar-refractivity contribution < 1.29 is 0 Å². The summed E-state index contributed by atoms with van der Waals surface area (Å²) in [6.07, 6.45) is 5.35. The number of fused-ring (bicyclic) bond motifs is 5. The first-order valence-electron chi connectivity index (χ1n) is 6.72. The Hall–Kier alpha value is -1.08. The van der Waals surface area contributed by atoms with Crippen LogP contribution in [0.4, 0.5) is 0 Å². The van der Waals surface area contributed by atoms with Crippen LogP contribution in [-0.4, -0.2) is 0 Å². The summed E-state index contributed by atoms with van der Waals surface area (Å²) in [7, 11) is 0. The smallest absolute Gasteiger partial charge is 0.0256 e. The Morgan fingerprint density at radius 1 is 0.833 bits per heavy atom. The molecule has 90 valence electrons. The van der Waals surface area contributed by atoms with E-state index < -0.39 is 0 Å². The fraction of sp³-hybridized carbons (Fsp3) is 0.294. The van der Waals surface area contributed by atoms with E-state index in [2.05, 4.69) is 58.4 Å². The van der Waals surface area contributed by atoms with Gasteiger partial charge in [-0.1, -0.05) is 65.2 Å². The highest BCUT2D eigenvalue weighted by Crippen LogP contribution is 2.58. The standard InChI is InChI=1S/C17H15Br/c18-15-9-5-8-14-16(15)12-6-1-2-7-13(12)17(14)10-3-4-11-17/h1-2,5-9H,3-4,10-11H2. The van der Waals surface area contributed by atoms with Gasteiger partial charge < -0.3 is 0 Å². The monoisotopic (exact) mass is 298 g/mol. The highest BCUT2D eigenvalue weighted by atomic mass is 79.9. The largest absolute Gasteiger partial charge is 0.0619 e. The van der Waals surface area contributed by atoms with Gasteiger partial charge in [0.15, 0.2) is 0 Å². The molecule has 1 saturated carbocycles. The fourth-order valence-electron chi connectivity index (χ4n) is 3.98. The lowest BCUT2D eigenvalue weighted by Crippen LogP contribution is -2.20. The molecule has 2 aromatic rings. The van der Waals surface area contributed by atoms with Gasteiger partial charge in [-0.05, 0) is 35.6 Å². The normalized spacial score (nSPS) is 18.9. The molecule has 2 aliphatic rings. The van der Waals surface area contributed by atoms with E-state index >= 15 is 0 Å². The minimum absolute atomic E-state index is 0.315. The first-order valence-corrected chi connectivity index (χ1v) is 7.51. The third-order valence-electron chi connectivity index (χ3n) is 4.70. The van der Waals surface area contributed by atoms with E-state index in [-0.39, 0.29) is 0 Å². The number of benzene rings is 2. The second kappa shape index (κ2) is 3.71. The van der Waals surface area contributed by atoms with Crippen LogP contribution < -0.4 is 0 Å². The summed E-state index contributed by atoms with van der Waals surface area (Å²) in [4.78, 5) is 0. The molecular formula is C17H15Br. The SMILES string of the molecule is Brc1cccc2c1-c1ccccc1C21CCCC1. The molecule has 4 rings (SSSR count). The van der Waals surface area contributed by atoms with Crippen molar-refractivity contribution in [3.8, 4) is 11.1 Å². The molecule has 0 radical (unpaired) electrons. The predicted octanol–water partition coefficient (Wildman–Crippen LogP) is 5.29. The Labute approximate surface area is 116 Å². The van der Waals surface area contributed by atoms with Gasteiger partial charge in [-0.3, -0.25) is 0 Å². The molecule has 0 aliphatic heterocycles. The van der Waals surface area contributed by atoms with Crippen LogP contribution in [0.15, 0.2) is 46.9 Å². The van der Waals surface area contributed by atoms with Gasteiger partial charge in [0, 0.05) is 15.5 Å². The van der Waals surface area contributed by atoms with Gasteiger partial charge in [-0.2, -0.15) is 0 Å². The van der Waals surface area contributed by atoms with Gasteiger partial charge in [0.25, 0.3) is 0 Å². The lowest BCUT2D eigenvalue weighted by Gasteiger charge is -2.26. The van der Waals surface area contributed by atoms with Crippen molar-refractivity contribution in [2.75, 3.05) is 0 Å². The van der Waals surface area contributed by atoms with Crippen molar-refractivity contribution in [3.05, 3.63) is 58.1 Å². The third kappa shape index (κ3) is 1.21. The highest BCUT2D eigenvalue weighted by molar-refractivity contribution is 9.10.